The van der Waals surface area contributed by atoms with Gasteiger partial charge in [-0.25, -0.2) is 4.98 Å². The number of nitrogens with zero attached hydrogens (tertiary/aromatic N) is 2. The summed E-state index contributed by atoms with van der Waals surface area (Å²) in [4.78, 5) is 5.51. The molecule has 0 amide bonds. The summed E-state index contributed by atoms with van der Waals surface area (Å²) in [6, 6.07) is 2.11. The third kappa shape index (κ3) is 2.85. The van der Waals surface area contributed by atoms with E-state index in [-0.39, 0.29) is 0 Å². The smallest absolute Gasteiger partial charge is 0.128 e. The SMILES string of the molecule is Cn1c(Cl)cnc1CNCc1cc(Br)cs1. The largest absolute Gasteiger partial charge is 0.321 e. The Morgan fingerprint density at radius 2 is 2.38 bits per heavy atom. The molecule has 0 aliphatic heterocycles. The molecular formula is C10H11BrClN3S. The summed E-state index contributed by atoms with van der Waals surface area (Å²) in [6.45, 7) is 1.57. The Morgan fingerprint density at radius 1 is 1.56 bits per heavy atom. The Balaban J connectivity index is 1.86. The van der Waals surface area contributed by atoms with Crippen LogP contribution in [0.15, 0.2) is 22.1 Å². The van der Waals surface area contributed by atoms with Gasteiger partial charge in [-0.2, -0.15) is 0 Å². The van der Waals surface area contributed by atoms with Gasteiger partial charge in [0.15, 0.2) is 0 Å². The lowest BCUT2D eigenvalue weighted by Crippen LogP contribution is -2.15. The average Bonchev–Trinajstić information content (AvgIpc) is 2.79. The highest BCUT2D eigenvalue weighted by atomic mass is 79.9. The van der Waals surface area contributed by atoms with Crippen LogP contribution in [0.3, 0.4) is 0 Å². The monoisotopic (exact) mass is 319 g/mol. The minimum absolute atomic E-state index is 0.663. The van der Waals surface area contributed by atoms with E-state index in [9.17, 15) is 0 Å². The molecule has 6 heteroatoms. The molecule has 0 atom stereocenters. The zero-order valence-corrected chi connectivity index (χ0v) is 11.9. The van der Waals surface area contributed by atoms with Gasteiger partial charge in [0.2, 0.25) is 0 Å². The van der Waals surface area contributed by atoms with Crippen LogP contribution < -0.4 is 5.32 Å². The summed E-state index contributed by atoms with van der Waals surface area (Å²) in [7, 11) is 1.91. The average molecular weight is 321 g/mol. The summed E-state index contributed by atoms with van der Waals surface area (Å²) in [5.41, 5.74) is 0. The van der Waals surface area contributed by atoms with Gasteiger partial charge in [0, 0.05) is 28.3 Å². The van der Waals surface area contributed by atoms with Crippen LogP contribution >= 0.6 is 38.9 Å². The Morgan fingerprint density at radius 3 is 2.94 bits per heavy atom. The highest BCUT2D eigenvalue weighted by Crippen LogP contribution is 2.19. The van der Waals surface area contributed by atoms with Gasteiger partial charge in [-0.3, -0.25) is 0 Å². The summed E-state index contributed by atoms with van der Waals surface area (Å²) in [5, 5.41) is 6.07. The molecule has 0 saturated heterocycles. The third-order valence-electron chi connectivity index (χ3n) is 2.23. The Kier molecular flexibility index (Phi) is 4.02. The number of nitrogens with one attached hydrogen (secondary N) is 1. The van der Waals surface area contributed by atoms with Crippen LogP contribution in [0.2, 0.25) is 5.15 Å². The highest BCUT2D eigenvalue weighted by molar-refractivity contribution is 9.10. The van der Waals surface area contributed by atoms with Crippen LogP contribution in [0, 0.1) is 0 Å². The van der Waals surface area contributed by atoms with E-state index in [1.54, 1.807) is 17.5 Å². The fourth-order valence-corrected chi connectivity index (χ4v) is 2.90. The fraction of sp³-hybridized carbons (Fsp3) is 0.300. The first kappa shape index (κ1) is 12.1. The normalized spacial score (nSPS) is 10.9. The molecule has 2 heterocycles. The fourth-order valence-electron chi connectivity index (χ4n) is 1.33. The minimum Gasteiger partial charge on any atom is -0.321 e. The van der Waals surface area contributed by atoms with Crippen LogP contribution in [-0.2, 0) is 20.1 Å². The number of thiophene rings is 1. The molecule has 16 heavy (non-hydrogen) atoms. The number of aromatic nitrogens is 2. The van der Waals surface area contributed by atoms with E-state index in [4.69, 9.17) is 11.6 Å². The van der Waals surface area contributed by atoms with Crippen LogP contribution in [0.4, 0.5) is 0 Å². The van der Waals surface area contributed by atoms with E-state index in [1.807, 2.05) is 11.6 Å². The van der Waals surface area contributed by atoms with Gasteiger partial charge in [0.25, 0.3) is 0 Å². The van der Waals surface area contributed by atoms with Crippen molar-refractivity contribution in [2.24, 2.45) is 7.05 Å². The Bertz CT molecular complexity index is 480. The zero-order valence-electron chi connectivity index (χ0n) is 8.70. The summed E-state index contributed by atoms with van der Waals surface area (Å²) in [5.74, 6) is 0.945. The maximum atomic E-state index is 5.90. The first-order valence-corrected chi connectivity index (χ1v) is 6.81. The number of hydrogen-bond acceptors (Lipinski definition) is 3. The zero-order chi connectivity index (χ0) is 11.5. The van der Waals surface area contributed by atoms with Crippen LogP contribution in [-0.4, -0.2) is 9.55 Å². The molecule has 0 aromatic carbocycles. The van der Waals surface area contributed by atoms with Crippen molar-refractivity contribution in [3.8, 4) is 0 Å². The van der Waals surface area contributed by atoms with Gasteiger partial charge in [-0.15, -0.1) is 11.3 Å². The van der Waals surface area contributed by atoms with E-state index >= 15 is 0 Å². The van der Waals surface area contributed by atoms with Crippen LogP contribution in [0.5, 0.6) is 0 Å². The van der Waals surface area contributed by atoms with Gasteiger partial charge in [-0.05, 0) is 22.0 Å². The Labute approximate surface area is 112 Å². The molecule has 0 bridgehead atoms. The molecule has 86 valence electrons. The molecule has 2 aromatic rings. The van der Waals surface area contributed by atoms with Crippen molar-refractivity contribution in [3.63, 3.8) is 0 Å². The molecule has 2 rings (SSSR count). The van der Waals surface area contributed by atoms with Gasteiger partial charge in [0.1, 0.15) is 11.0 Å². The van der Waals surface area contributed by atoms with E-state index in [0.29, 0.717) is 5.15 Å². The van der Waals surface area contributed by atoms with Crippen molar-refractivity contribution >= 4 is 38.9 Å². The molecule has 0 radical (unpaired) electrons. The van der Waals surface area contributed by atoms with Crippen molar-refractivity contribution in [2.45, 2.75) is 13.1 Å². The second kappa shape index (κ2) is 5.31. The van der Waals surface area contributed by atoms with E-state index < -0.39 is 0 Å². The lowest BCUT2D eigenvalue weighted by atomic mass is 10.4. The molecule has 0 unspecified atom stereocenters. The standard InChI is InChI=1S/C10H11BrClN3S/c1-15-9(12)4-14-10(15)5-13-3-8-2-7(11)6-16-8/h2,4,6,13H,3,5H2,1H3. The van der Waals surface area contributed by atoms with Gasteiger partial charge < -0.3 is 9.88 Å². The maximum absolute atomic E-state index is 5.90. The first-order valence-electron chi connectivity index (χ1n) is 4.76. The van der Waals surface area contributed by atoms with Gasteiger partial charge in [0.05, 0.1) is 12.7 Å². The molecule has 0 spiro atoms. The highest BCUT2D eigenvalue weighted by Gasteiger charge is 2.04. The van der Waals surface area contributed by atoms with E-state index in [1.165, 1.54) is 4.88 Å². The molecule has 0 saturated carbocycles. The van der Waals surface area contributed by atoms with E-state index in [2.05, 4.69) is 37.7 Å². The summed E-state index contributed by atoms with van der Waals surface area (Å²) in [6.07, 6.45) is 1.67. The number of rotatable bonds is 4. The predicted octanol–water partition coefficient (Wildman–Crippen LogP) is 3.19. The van der Waals surface area contributed by atoms with Crippen LogP contribution in [0.25, 0.3) is 0 Å². The van der Waals surface area contributed by atoms with Gasteiger partial charge >= 0.3 is 0 Å². The van der Waals surface area contributed by atoms with Crippen molar-refractivity contribution in [2.75, 3.05) is 0 Å². The van der Waals surface area contributed by atoms with Crippen molar-refractivity contribution in [3.05, 3.63) is 38.0 Å². The molecule has 0 aliphatic carbocycles. The summed E-state index contributed by atoms with van der Waals surface area (Å²) >= 11 is 11.1. The quantitative estimate of drug-likeness (QED) is 0.937. The van der Waals surface area contributed by atoms with Crippen molar-refractivity contribution in [1.82, 2.24) is 14.9 Å². The van der Waals surface area contributed by atoms with Crippen molar-refractivity contribution < 1.29 is 0 Å². The third-order valence-corrected chi connectivity index (χ3v) is 4.28. The second-order valence-corrected chi connectivity index (χ2v) is 5.69. The topological polar surface area (TPSA) is 29.9 Å². The molecule has 2 aromatic heterocycles. The Hall–Kier alpha value is -0.360. The number of imidazole rings is 1. The second-order valence-electron chi connectivity index (χ2n) is 3.39. The van der Waals surface area contributed by atoms with Crippen LogP contribution in [0.1, 0.15) is 10.7 Å². The number of halogens is 2. The first-order chi connectivity index (χ1) is 7.66. The van der Waals surface area contributed by atoms with Gasteiger partial charge in [-0.1, -0.05) is 11.6 Å². The molecular weight excluding hydrogens is 310 g/mol. The lowest BCUT2D eigenvalue weighted by Gasteiger charge is -2.03. The number of hydrogen-bond donors (Lipinski definition) is 1. The maximum Gasteiger partial charge on any atom is 0.128 e. The lowest BCUT2D eigenvalue weighted by molar-refractivity contribution is 0.644. The molecule has 1 N–H and O–H groups in total. The summed E-state index contributed by atoms with van der Waals surface area (Å²) < 4.78 is 3.01. The molecule has 0 aliphatic rings. The predicted molar refractivity (Wildman–Crippen MR) is 70.8 cm³/mol. The molecule has 3 nitrogen and oxygen atoms in total. The van der Waals surface area contributed by atoms with E-state index in [0.717, 1.165) is 23.4 Å². The molecule has 0 fully saturated rings. The van der Waals surface area contributed by atoms with Crippen molar-refractivity contribution in [1.29, 1.82) is 0 Å². The minimum atomic E-state index is 0.663.